The summed E-state index contributed by atoms with van der Waals surface area (Å²) in [6.45, 7) is 0.404. The van der Waals surface area contributed by atoms with Gasteiger partial charge < -0.3 is 18.9 Å². The second-order valence-corrected chi connectivity index (χ2v) is 8.54. The Balaban J connectivity index is 1.55. The maximum atomic E-state index is 14.0. The Kier molecular flexibility index (Phi) is 5.02. The average molecular weight is 408 g/mol. The zero-order valence-corrected chi connectivity index (χ0v) is 17.6. The molecule has 30 heavy (non-hydrogen) atoms. The van der Waals surface area contributed by atoms with E-state index in [4.69, 9.17) is 18.9 Å². The Morgan fingerprint density at radius 3 is 2.33 bits per heavy atom. The Labute approximate surface area is 177 Å². The van der Waals surface area contributed by atoms with Crippen molar-refractivity contribution in [2.75, 3.05) is 27.9 Å². The Bertz CT molecular complexity index is 928. The number of hydrogen-bond donors (Lipinski definition) is 0. The molecule has 4 unspecified atom stereocenters. The smallest absolute Gasteiger partial charge is 0.154 e. The zero-order valence-electron chi connectivity index (χ0n) is 17.6. The quantitative estimate of drug-likeness (QED) is 0.736. The van der Waals surface area contributed by atoms with Crippen molar-refractivity contribution in [1.29, 1.82) is 0 Å². The molecule has 0 N–H and O–H groups in total. The SMILES string of the molecule is COC[C@H]1OC2C([C@@H](OC)[C@@H]1OC)C21C(=O)C(Cc2ccccc2)c2ccccc21. The number of ketones is 1. The number of fused-ring (bicyclic) bond motifs is 5. The molecule has 5 nitrogen and oxygen atoms in total. The maximum Gasteiger partial charge on any atom is 0.154 e. The van der Waals surface area contributed by atoms with Gasteiger partial charge in [0, 0.05) is 33.2 Å². The van der Waals surface area contributed by atoms with Crippen LogP contribution in [0.1, 0.15) is 22.6 Å². The highest BCUT2D eigenvalue weighted by Gasteiger charge is 2.80. The van der Waals surface area contributed by atoms with E-state index < -0.39 is 5.41 Å². The lowest BCUT2D eigenvalue weighted by Crippen LogP contribution is -2.49. The molecule has 3 aliphatic rings. The van der Waals surface area contributed by atoms with Gasteiger partial charge in [-0.15, -0.1) is 0 Å². The maximum absolute atomic E-state index is 14.0. The number of ether oxygens (including phenoxy) is 4. The number of carbonyl (C=O) groups excluding carboxylic acids is 1. The molecular formula is C25H28O5. The molecule has 158 valence electrons. The molecule has 1 saturated carbocycles. The number of methoxy groups -OCH3 is 3. The fraction of sp³-hybridized carbons (Fsp3) is 0.480. The van der Waals surface area contributed by atoms with Crippen LogP contribution in [0.15, 0.2) is 54.6 Å². The van der Waals surface area contributed by atoms with Gasteiger partial charge in [0.2, 0.25) is 0 Å². The third kappa shape index (κ3) is 2.66. The largest absolute Gasteiger partial charge is 0.382 e. The highest BCUT2D eigenvalue weighted by Crippen LogP contribution is 2.68. The molecule has 1 heterocycles. The molecule has 2 aromatic rings. The first-order valence-electron chi connectivity index (χ1n) is 10.6. The van der Waals surface area contributed by atoms with Gasteiger partial charge in [0.25, 0.3) is 0 Å². The molecule has 7 atom stereocenters. The average Bonchev–Trinajstić information content (AvgIpc) is 3.38. The lowest BCUT2D eigenvalue weighted by Gasteiger charge is -2.35. The van der Waals surface area contributed by atoms with Crippen molar-refractivity contribution in [2.24, 2.45) is 5.92 Å². The number of Topliss-reactive ketones (excluding diaryl/α,β-unsaturated/α-hetero) is 1. The van der Waals surface area contributed by atoms with Crippen LogP contribution < -0.4 is 0 Å². The predicted octanol–water partition coefficient (Wildman–Crippen LogP) is 2.91. The van der Waals surface area contributed by atoms with Crippen LogP contribution in [0.2, 0.25) is 0 Å². The van der Waals surface area contributed by atoms with Crippen molar-refractivity contribution in [1.82, 2.24) is 0 Å². The molecule has 1 aliphatic heterocycles. The lowest BCUT2D eigenvalue weighted by molar-refractivity contribution is -0.175. The summed E-state index contributed by atoms with van der Waals surface area (Å²) >= 11 is 0. The first-order chi connectivity index (χ1) is 14.7. The van der Waals surface area contributed by atoms with Crippen molar-refractivity contribution < 1.29 is 23.7 Å². The minimum atomic E-state index is -0.657. The van der Waals surface area contributed by atoms with Gasteiger partial charge in [0.1, 0.15) is 12.2 Å². The van der Waals surface area contributed by atoms with E-state index in [9.17, 15) is 4.79 Å². The molecule has 0 amide bonds. The minimum absolute atomic E-state index is 0.0463. The van der Waals surface area contributed by atoms with Crippen LogP contribution in [0.5, 0.6) is 0 Å². The summed E-state index contributed by atoms with van der Waals surface area (Å²) in [6.07, 6.45) is -0.266. The fourth-order valence-corrected chi connectivity index (χ4v) is 5.98. The Morgan fingerprint density at radius 1 is 0.933 bits per heavy atom. The second kappa shape index (κ2) is 7.57. The van der Waals surface area contributed by atoms with Gasteiger partial charge in [-0.2, -0.15) is 0 Å². The predicted molar refractivity (Wildman–Crippen MR) is 112 cm³/mol. The first kappa shape index (κ1) is 19.9. The van der Waals surface area contributed by atoms with E-state index >= 15 is 0 Å². The molecule has 2 fully saturated rings. The number of hydrogen-bond acceptors (Lipinski definition) is 5. The van der Waals surface area contributed by atoms with Gasteiger partial charge in [0.15, 0.2) is 5.78 Å². The number of rotatable bonds is 6. The summed E-state index contributed by atoms with van der Waals surface area (Å²) < 4.78 is 23.5. The van der Waals surface area contributed by atoms with Crippen LogP contribution in [0.4, 0.5) is 0 Å². The monoisotopic (exact) mass is 408 g/mol. The summed E-state index contributed by atoms with van der Waals surface area (Å²) in [7, 11) is 5.01. The van der Waals surface area contributed by atoms with E-state index in [1.807, 2.05) is 30.3 Å². The van der Waals surface area contributed by atoms with Crippen LogP contribution in [0.3, 0.4) is 0 Å². The summed E-state index contributed by atoms with van der Waals surface area (Å²) in [5, 5.41) is 0. The first-order valence-corrected chi connectivity index (χ1v) is 10.6. The molecule has 1 spiro atoms. The summed E-state index contributed by atoms with van der Waals surface area (Å²) in [5.74, 6) is 0.0321. The Hall–Kier alpha value is -2.05. The standard InChI is InChI=1S/C25H28O5/c1-27-14-19-21(28-2)22(29-3)20-24(30-19)25(20)18-12-8-7-11-16(18)17(23(25)26)13-15-9-5-4-6-10-15/h4-12,17,19-22,24H,13-14H2,1-3H3/t17?,19-,20?,21-,22-,24?,25?/m1/s1. The van der Waals surface area contributed by atoms with Crippen molar-refractivity contribution >= 4 is 5.78 Å². The molecular weight excluding hydrogens is 380 g/mol. The third-order valence-corrected chi connectivity index (χ3v) is 7.22. The Morgan fingerprint density at radius 2 is 1.63 bits per heavy atom. The fourth-order valence-electron chi connectivity index (χ4n) is 5.98. The van der Waals surface area contributed by atoms with E-state index in [-0.39, 0.29) is 42.0 Å². The summed E-state index contributed by atoms with van der Waals surface area (Å²) in [6, 6.07) is 18.5. The molecule has 5 heteroatoms. The minimum Gasteiger partial charge on any atom is -0.382 e. The molecule has 2 aromatic carbocycles. The van der Waals surface area contributed by atoms with Crippen molar-refractivity contribution in [3.8, 4) is 0 Å². The highest BCUT2D eigenvalue weighted by molar-refractivity contribution is 6.05. The van der Waals surface area contributed by atoms with Gasteiger partial charge in [-0.1, -0.05) is 54.6 Å². The van der Waals surface area contributed by atoms with Crippen LogP contribution in [0, 0.1) is 5.92 Å². The van der Waals surface area contributed by atoms with Gasteiger partial charge in [0.05, 0.1) is 24.2 Å². The molecule has 0 bridgehead atoms. The van der Waals surface area contributed by atoms with Gasteiger partial charge >= 0.3 is 0 Å². The van der Waals surface area contributed by atoms with Crippen LogP contribution >= 0.6 is 0 Å². The van der Waals surface area contributed by atoms with Crippen molar-refractivity contribution in [3.05, 3.63) is 71.3 Å². The molecule has 1 saturated heterocycles. The van der Waals surface area contributed by atoms with Gasteiger partial charge in [-0.3, -0.25) is 4.79 Å². The van der Waals surface area contributed by atoms with Gasteiger partial charge in [-0.25, -0.2) is 0 Å². The third-order valence-electron chi connectivity index (χ3n) is 7.22. The van der Waals surface area contributed by atoms with Crippen molar-refractivity contribution in [3.63, 3.8) is 0 Å². The summed E-state index contributed by atoms with van der Waals surface area (Å²) in [5.41, 5.74) is 2.73. The highest BCUT2D eigenvalue weighted by atomic mass is 16.6. The second-order valence-electron chi connectivity index (χ2n) is 8.54. The van der Waals surface area contributed by atoms with E-state index in [1.165, 1.54) is 5.56 Å². The number of benzene rings is 2. The topological polar surface area (TPSA) is 54.0 Å². The van der Waals surface area contributed by atoms with E-state index in [0.717, 1.165) is 11.1 Å². The number of carbonyl (C=O) groups is 1. The molecule has 2 aliphatic carbocycles. The van der Waals surface area contributed by atoms with Crippen molar-refractivity contribution in [2.45, 2.75) is 42.2 Å². The van der Waals surface area contributed by atoms with E-state index in [0.29, 0.717) is 13.0 Å². The molecule has 0 aromatic heterocycles. The van der Waals surface area contributed by atoms with Gasteiger partial charge in [-0.05, 0) is 23.1 Å². The van der Waals surface area contributed by atoms with Crippen LogP contribution in [0.25, 0.3) is 0 Å². The van der Waals surface area contributed by atoms with E-state index in [1.54, 1.807) is 21.3 Å². The van der Waals surface area contributed by atoms with Crippen LogP contribution in [-0.4, -0.2) is 58.1 Å². The summed E-state index contributed by atoms with van der Waals surface area (Å²) in [4.78, 5) is 14.0. The molecule has 0 radical (unpaired) electrons. The molecule has 5 rings (SSSR count). The lowest BCUT2D eigenvalue weighted by atomic mass is 9.88. The van der Waals surface area contributed by atoms with Crippen LogP contribution in [-0.2, 0) is 35.6 Å². The zero-order chi connectivity index (χ0) is 20.9. The normalized spacial score (nSPS) is 36.6. The van der Waals surface area contributed by atoms with E-state index in [2.05, 4.69) is 24.3 Å².